The van der Waals surface area contributed by atoms with Gasteiger partial charge in [0.25, 0.3) is 0 Å². The van der Waals surface area contributed by atoms with Crippen molar-refractivity contribution in [2.45, 2.75) is 214 Å². The van der Waals surface area contributed by atoms with E-state index in [4.69, 9.17) is 60.2 Å². The average molecular weight is 1970 g/mol. The van der Waals surface area contributed by atoms with Crippen LogP contribution in [0.2, 0.25) is 5.28 Å². The molecule has 0 spiro atoms. The lowest BCUT2D eigenvalue weighted by Crippen LogP contribution is -2.42. The fourth-order valence-corrected chi connectivity index (χ4v) is 20.9. The molecule has 4 aliphatic rings. The van der Waals surface area contributed by atoms with E-state index in [0.717, 1.165) is 118 Å². The summed E-state index contributed by atoms with van der Waals surface area (Å²) in [6.07, 6.45) is 13.8. The fraction of sp³-hybridized carbons (Fsp3) is 0.473. The number of fused-ring (bicyclic) bond motifs is 12. The largest absolute Gasteiger partial charge is 0.465 e. The maximum atomic E-state index is 12.4. The molecule has 45 heteroatoms. The number of anilines is 3. The van der Waals surface area contributed by atoms with E-state index in [1.54, 1.807) is 42.9 Å². The van der Waals surface area contributed by atoms with Crippen LogP contribution in [0.25, 0.3) is 44.1 Å². The van der Waals surface area contributed by atoms with Crippen LogP contribution in [-0.2, 0) is 133 Å². The van der Waals surface area contributed by atoms with E-state index in [0.29, 0.717) is 125 Å². The molecule has 732 valence electrons. The van der Waals surface area contributed by atoms with Gasteiger partial charge in [0, 0.05) is 136 Å². The summed E-state index contributed by atoms with van der Waals surface area (Å²) < 4.78 is 116. The number of hydrogen-bond donors (Lipinski definition) is 5. The number of aromatic nitrogens is 16. The maximum Gasteiger partial charge on any atom is 0.373 e. The van der Waals surface area contributed by atoms with Crippen molar-refractivity contribution >= 4 is 137 Å². The number of halogens is 1. The number of aliphatic hydroxyl groups excluding tert-OH is 4. The molecule has 4 aliphatic heterocycles. The number of benzene rings is 4. The first-order valence-electron chi connectivity index (χ1n) is 43.2. The number of rotatable bonds is 19. The number of imidazole rings is 4. The Bertz CT molecular complexity index is 6810. The van der Waals surface area contributed by atoms with Crippen molar-refractivity contribution in [2.24, 2.45) is 23.7 Å². The molecule has 0 bridgehead atoms. The van der Waals surface area contributed by atoms with E-state index in [2.05, 4.69) is 138 Å². The SMILES string of the molecule is C.CCc1cnc(Cl)nc1C.CCc1cnc(N2CCn3c(nc4cc(C(=O)OC)c(S(C)(=O)=O)cc43)[C@H]2C(C)C)nc1C.COC(=O)c1cc2nc3n(c2cc1S(C)(=O)=O)CCN[C@@H]3C(C)C.Cc1nc(N2CCn3c(nc4cc(CO)c(S(C)(=O)=O)cc43)[C@@H]2C(C)C)ncc1CO.Cc1nc(N2CCn3c(nc4cc(CO)c(S(C)(=O)=O)cc43)[C@H]2C(C)C)ncc1CO.O=C=O.O=C=O. The Morgan fingerprint density at radius 2 is 0.684 bits per heavy atom. The number of aliphatic hydroxyl groups is 4. The highest BCUT2D eigenvalue weighted by molar-refractivity contribution is 7.91. The summed E-state index contributed by atoms with van der Waals surface area (Å²) in [5.74, 6) is 4.64. The Morgan fingerprint density at radius 1 is 0.404 bits per heavy atom. The molecule has 5 N–H and O–H groups in total. The zero-order valence-corrected chi connectivity index (χ0v) is 82.8. The van der Waals surface area contributed by atoms with Gasteiger partial charge >= 0.3 is 24.2 Å². The van der Waals surface area contributed by atoms with Crippen LogP contribution in [0.5, 0.6) is 0 Å². The Kier molecular flexibility index (Phi) is 35.6. The van der Waals surface area contributed by atoms with E-state index in [1.807, 2.05) is 43.0 Å². The van der Waals surface area contributed by atoms with Gasteiger partial charge in [-0.15, -0.1) is 0 Å². The quantitative estimate of drug-likeness (QED) is 0.0371. The lowest BCUT2D eigenvalue weighted by molar-refractivity contribution is -0.193. The summed E-state index contributed by atoms with van der Waals surface area (Å²) in [5.41, 5.74) is 13.2. The molecule has 0 saturated heterocycles. The van der Waals surface area contributed by atoms with Crippen LogP contribution < -0.4 is 20.0 Å². The third kappa shape index (κ3) is 23.3. The van der Waals surface area contributed by atoms with Gasteiger partial charge in [-0.1, -0.05) is 76.7 Å². The van der Waals surface area contributed by atoms with Gasteiger partial charge in [0.05, 0.1) is 140 Å². The van der Waals surface area contributed by atoms with Crippen molar-refractivity contribution in [1.29, 1.82) is 0 Å². The van der Waals surface area contributed by atoms with E-state index in [9.17, 15) is 63.7 Å². The van der Waals surface area contributed by atoms with Gasteiger partial charge in [-0.25, -0.2) is 103 Å². The second-order valence-corrected chi connectivity index (χ2v) is 42.3. The highest BCUT2D eigenvalue weighted by atomic mass is 35.5. The van der Waals surface area contributed by atoms with Gasteiger partial charge in [0.1, 0.15) is 23.3 Å². The lowest BCUT2D eigenvalue weighted by Gasteiger charge is -2.38. The van der Waals surface area contributed by atoms with Crippen LogP contribution in [0.4, 0.5) is 17.8 Å². The Labute approximate surface area is 794 Å². The van der Waals surface area contributed by atoms with Crippen LogP contribution >= 0.6 is 11.6 Å². The molecule has 0 amide bonds. The van der Waals surface area contributed by atoms with E-state index >= 15 is 0 Å². The topological polar surface area (TPSA) is 535 Å². The number of hydrogen-bond acceptors (Lipinski definition) is 36. The summed E-state index contributed by atoms with van der Waals surface area (Å²) in [4.78, 5) is 118. The molecule has 0 aliphatic carbocycles. The zero-order chi connectivity index (χ0) is 99.7. The molecular weight excluding hydrogens is 1860 g/mol. The maximum absolute atomic E-state index is 12.4. The molecule has 16 rings (SSSR count). The minimum absolute atomic E-state index is 0. The van der Waals surface area contributed by atoms with Gasteiger partial charge in [0.15, 0.2) is 39.3 Å². The highest BCUT2D eigenvalue weighted by Gasteiger charge is 2.40. The fourth-order valence-electron chi connectivity index (χ4n) is 17.1. The Morgan fingerprint density at radius 3 is 0.956 bits per heavy atom. The number of esters is 2. The van der Waals surface area contributed by atoms with Crippen molar-refractivity contribution in [3.8, 4) is 0 Å². The summed E-state index contributed by atoms with van der Waals surface area (Å²) in [6, 6.07) is 12.4. The Hall–Kier alpha value is -11.9. The molecule has 136 heavy (non-hydrogen) atoms. The number of methoxy groups -OCH3 is 2. The lowest BCUT2D eigenvalue weighted by atomic mass is 10.00. The van der Waals surface area contributed by atoms with Crippen LogP contribution in [0, 0.1) is 51.4 Å². The predicted molar refractivity (Wildman–Crippen MR) is 506 cm³/mol. The summed E-state index contributed by atoms with van der Waals surface area (Å²) in [6.45, 7) is 32.9. The molecule has 8 aromatic heterocycles. The van der Waals surface area contributed by atoms with Crippen molar-refractivity contribution < 1.29 is 92.3 Å². The second-order valence-electron chi connectivity index (χ2n) is 34.1. The summed E-state index contributed by atoms with van der Waals surface area (Å²) in [5, 5.41) is 42.0. The van der Waals surface area contributed by atoms with Crippen LogP contribution in [-0.4, -0.2) is 222 Å². The summed E-state index contributed by atoms with van der Waals surface area (Å²) >= 11 is 5.55. The smallest absolute Gasteiger partial charge is 0.373 e. The van der Waals surface area contributed by atoms with Gasteiger partial charge in [0.2, 0.25) is 23.1 Å². The number of ether oxygens (including phenoxy) is 2. The molecule has 4 aromatic carbocycles. The molecule has 0 unspecified atom stereocenters. The molecule has 0 fully saturated rings. The van der Waals surface area contributed by atoms with Crippen LogP contribution in [0.3, 0.4) is 0 Å². The molecule has 12 aromatic rings. The molecule has 40 nitrogen and oxygen atoms in total. The first kappa shape index (κ1) is 108. The van der Waals surface area contributed by atoms with E-state index in [-0.39, 0.29) is 119 Å². The van der Waals surface area contributed by atoms with Gasteiger partial charge in [-0.3, -0.25) is 0 Å². The average Bonchev–Trinajstić information content (AvgIpc) is 1.60. The Balaban J connectivity index is 0.000000193. The minimum Gasteiger partial charge on any atom is -0.465 e. The first-order chi connectivity index (χ1) is 63.7. The number of sulfone groups is 4. The van der Waals surface area contributed by atoms with E-state index < -0.39 is 51.3 Å². The third-order valence-electron chi connectivity index (χ3n) is 23.6. The standard InChI is InChI=1S/C23H29N5O4S.2C21H27N5O4S.C16H21N3O4S.C7H9ClN2.2CO2.CH4/c1-7-15-12-24-23(25-14(15)4)28-9-8-27-18-11-19(33(6,30)31)16(22(29)32-5)10-17(18)26-21(27)20(28)13(2)3;2*1-12(2)19-20-24-16-7-14(10-27)18(31(4,29)30)8-17(16)25(20)5-6-26(19)21-22-9-15(11-28)13(3)23-21;1-9(2)14-15-18-11-7-10(16(20)23-3)13(24(4,21)22)8-12(11)19(15)6-5-17-14;1-3-6-4-9-7(8)10-5(6)2;2*2-1-3;/h10-13,20H,7-9H2,1-6H3;2*7-9,12,19,27-28H,5-6,10-11H2,1-4H3;7-9,14,17H,5-6H2,1-4H3;4H,3H2,1-2H3;;;1H4/t20-;2*19-;14-;;;;/m1101..../s1. The van der Waals surface area contributed by atoms with E-state index in [1.165, 1.54) is 38.5 Å². The predicted octanol–water partition coefficient (Wildman–Crippen LogP) is 9.58. The number of carbonyl (C=O) groups excluding carboxylic acids is 6. The van der Waals surface area contributed by atoms with Gasteiger partial charge < -0.3 is 68.2 Å². The van der Waals surface area contributed by atoms with Crippen LogP contribution in [0.15, 0.2) is 92.9 Å². The molecule has 0 saturated carbocycles. The molecular formula is C91H117ClN20O20S4. The van der Waals surface area contributed by atoms with Gasteiger partial charge in [-0.05, 0) is 147 Å². The molecule has 4 atom stereocenters. The normalized spacial score (nSPS) is 15.7. The second kappa shape index (κ2) is 44.9. The zero-order valence-electron chi connectivity index (χ0n) is 78.8. The van der Waals surface area contributed by atoms with Crippen molar-refractivity contribution in [3.05, 3.63) is 169 Å². The first-order valence-corrected chi connectivity index (χ1v) is 51.1. The van der Waals surface area contributed by atoms with Crippen LogP contribution in [0.1, 0.15) is 201 Å². The molecule has 12 heterocycles. The number of carbonyl (C=O) groups is 2. The van der Waals surface area contributed by atoms with Crippen molar-refractivity contribution in [3.63, 3.8) is 0 Å². The summed E-state index contributed by atoms with van der Waals surface area (Å²) in [7, 11) is -11.7. The van der Waals surface area contributed by atoms with Crippen molar-refractivity contribution in [2.75, 3.05) is 80.1 Å². The monoisotopic (exact) mass is 1970 g/mol. The van der Waals surface area contributed by atoms with Gasteiger partial charge in [-0.2, -0.15) is 19.2 Å². The number of nitrogens with zero attached hydrogens (tertiary/aromatic N) is 19. The number of aryl methyl sites for hydroxylation is 6. The highest BCUT2D eigenvalue weighted by Crippen LogP contribution is 2.43. The minimum atomic E-state index is -3.65. The number of nitrogens with one attached hydrogen (secondary N) is 1. The van der Waals surface area contributed by atoms with Crippen molar-refractivity contribution in [1.82, 2.24) is 83.4 Å². The third-order valence-corrected chi connectivity index (χ3v) is 28.4. The molecule has 0 radical (unpaired) electrons.